The maximum absolute atomic E-state index is 13.4. The number of carbonyl (C=O) groups is 2. The van der Waals surface area contributed by atoms with Crippen LogP contribution < -0.4 is 4.74 Å². The zero-order valence-electron chi connectivity index (χ0n) is 20.3. The number of aromatic nitrogens is 1. The minimum atomic E-state index is -4.55. The van der Waals surface area contributed by atoms with Crippen molar-refractivity contribution in [2.75, 3.05) is 20.3 Å². The van der Waals surface area contributed by atoms with Gasteiger partial charge in [0.25, 0.3) is 5.91 Å². The minimum Gasteiger partial charge on any atom is -0.478 e. The van der Waals surface area contributed by atoms with Crippen LogP contribution in [0.25, 0.3) is 0 Å². The number of rotatable bonds is 8. The molecule has 1 unspecified atom stereocenters. The molecule has 2 heterocycles. The molecule has 0 spiro atoms. The monoisotopic (exact) mass is 552 g/mol. The average molecular weight is 553 g/mol. The van der Waals surface area contributed by atoms with Crippen molar-refractivity contribution >= 4 is 23.5 Å². The van der Waals surface area contributed by atoms with E-state index in [0.717, 1.165) is 22.9 Å². The maximum Gasteiger partial charge on any atom is 0.433 e. The number of hydroxylamine groups is 2. The van der Waals surface area contributed by atoms with Crippen molar-refractivity contribution in [3.63, 3.8) is 0 Å². The fourth-order valence-electron chi connectivity index (χ4n) is 4.46. The van der Waals surface area contributed by atoms with Crippen LogP contribution in [0.15, 0.2) is 65.0 Å². The van der Waals surface area contributed by atoms with Gasteiger partial charge in [-0.15, -0.1) is 0 Å². The zero-order chi connectivity index (χ0) is 27.5. The molecule has 0 bridgehead atoms. The first-order valence-electron chi connectivity index (χ1n) is 11.7. The van der Waals surface area contributed by atoms with Crippen molar-refractivity contribution in [3.8, 4) is 5.75 Å². The van der Waals surface area contributed by atoms with Crippen LogP contribution in [0.5, 0.6) is 5.75 Å². The van der Waals surface area contributed by atoms with Gasteiger partial charge in [0.15, 0.2) is 5.22 Å². The molecule has 8 nitrogen and oxygen atoms in total. The third-order valence-corrected chi connectivity index (χ3v) is 6.60. The van der Waals surface area contributed by atoms with Gasteiger partial charge in [-0.2, -0.15) is 13.2 Å². The average Bonchev–Trinajstić information content (AvgIpc) is 2.89. The second-order valence-corrected chi connectivity index (χ2v) is 9.10. The molecule has 2 aromatic rings. The number of alkyl halides is 3. The molecule has 1 aromatic carbocycles. The van der Waals surface area contributed by atoms with Gasteiger partial charge in [-0.25, -0.2) is 9.86 Å². The quantitative estimate of drug-likeness (QED) is 0.453. The smallest absolute Gasteiger partial charge is 0.433 e. The Balaban J connectivity index is 1.57. The number of ether oxygens (including phenoxy) is 2. The fourth-order valence-corrected chi connectivity index (χ4v) is 4.62. The highest BCUT2D eigenvalue weighted by Crippen LogP contribution is 2.42. The van der Waals surface area contributed by atoms with Gasteiger partial charge in [0.2, 0.25) is 5.60 Å². The molecule has 4 rings (SSSR count). The number of carboxylic acids is 1. The Labute approximate surface area is 221 Å². The first-order chi connectivity index (χ1) is 18.0. The highest BCUT2D eigenvalue weighted by atomic mass is 35.5. The largest absolute Gasteiger partial charge is 0.478 e. The molecule has 12 heteroatoms. The third-order valence-electron chi connectivity index (χ3n) is 6.38. The van der Waals surface area contributed by atoms with Gasteiger partial charge in [-0.3, -0.25) is 14.6 Å². The Morgan fingerprint density at radius 1 is 1.24 bits per heavy atom. The highest BCUT2D eigenvalue weighted by Gasteiger charge is 2.49. The Bertz CT molecular complexity index is 1280. The Morgan fingerprint density at radius 3 is 2.66 bits per heavy atom. The van der Waals surface area contributed by atoms with Crippen LogP contribution >= 0.6 is 11.6 Å². The summed E-state index contributed by atoms with van der Waals surface area (Å²) in [5.74, 6) is -1.81. The van der Waals surface area contributed by atoms with E-state index in [9.17, 15) is 27.9 Å². The molecule has 1 amide bonds. The van der Waals surface area contributed by atoms with Gasteiger partial charge in [0.05, 0.1) is 19.2 Å². The molecule has 202 valence electrons. The first-order valence-corrected chi connectivity index (χ1v) is 12.0. The lowest BCUT2D eigenvalue weighted by atomic mass is 9.78. The van der Waals surface area contributed by atoms with E-state index >= 15 is 0 Å². The van der Waals surface area contributed by atoms with Crippen molar-refractivity contribution in [2.24, 2.45) is 0 Å². The van der Waals surface area contributed by atoms with E-state index < -0.39 is 29.3 Å². The summed E-state index contributed by atoms with van der Waals surface area (Å²) in [6, 6.07) is 8.32. The maximum atomic E-state index is 13.4. The molecular weight excluding hydrogens is 529 g/mol. The Kier molecular flexibility index (Phi) is 7.98. The van der Waals surface area contributed by atoms with Crippen molar-refractivity contribution < 1.29 is 42.2 Å². The lowest BCUT2D eigenvalue weighted by Gasteiger charge is -2.38. The van der Waals surface area contributed by atoms with Crippen LogP contribution in [-0.4, -0.2) is 52.9 Å². The number of nitrogens with zero attached hydrogens (tertiary/aromatic N) is 2. The molecule has 1 aliphatic heterocycles. The molecule has 1 atom stereocenters. The lowest BCUT2D eigenvalue weighted by molar-refractivity contribution is -0.153. The van der Waals surface area contributed by atoms with E-state index in [1.54, 1.807) is 12.1 Å². The third kappa shape index (κ3) is 5.63. The fraction of sp³-hybridized carbons (Fsp3) is 0.346. The topological polar surface area (TPSA) is 98.2 Å². The summed E-state index contributed by atoms with van der Waals surface area (Å²) in [5.41, 5.74) is -1.12. The van der Waals surface area contributed by atoms with Crippen molar-refractivity contribution in [1.29, 1.82) is 0 Å². The summed E-state index contributed by atoms with van der Waals surface area (Å²) in [7, 11) is 1.28. The Hall–Kier alpha value is -3.57. The highest BCUT2D eigenvalue weighted by molar-refractivity contribution is 6.28. The molecule has 0 radical (unpaired) electrons. The van der Waals surface area contributed by atoms with E-state index in [0.29, 0.717) is 24.0 Å². The van der Waals surface area contributed by atoms with Gasteiger partial charge in [-0.1, -0.05) is 18.2 Å². The summed E-state index contributed by atoms with van der Waals surface area (Å²) in [6.07, 6.45) is -0.545. The molecule has 0 saturated heterocycles. The number of carboxylic acid groups (broad SMARTS) is 1. The number of halogens is 4. The number of hydrogen-bond acceptors (Lipinski definition) is 6. The van der Waals surface area contributed by atoms with E-state index in [1.807, 2.05) is 0 Å². The molecule has 1 aliphatic carbocycles. The molecule has 1 N–H and O–H groups in total. The predicted octanol–water partition coefficient (Wildman–Crippen LogP) is 5.14. The second-order valence-electron chi connectivity index (χ2n) is 8.73. The van der Waals surface area contributed by atoms with Crippen LogP contribution in [0, 0.1) is 0 Å². The van der Waals surface area contributed by atoms with Gasteiger partial charge in [0, 0.05) is 24.3 Å². The van der Waals surface area contributed by atoms with Crippen molar-refractivity contribution in [1.82, 2.24) is 10.0 Å². The number of pyridine rings is 1. The minimum absolute atomic E-state index is 0.00816. The van der Waals surface area contributed by atoms with Crippen LogP contribution in [0.3, 0.4) is 0 Å². The number of amides is 1. The van der Waals surface area contributed by atoms with E-state index in [4.69, 9.17) is 25.9 Å². The number of benzene rings is 1. The van der Waals surface area contributed by atoms with E-state index in [2.05, 4.69) is 4.98 Å². The van der Waals surface area contributed by atoms with E-state index in [-0.39, 0.29) is 42.5 Å². The van der Waals surface area contributed by atoms with Crippen LogP contribution in [0.4, 0.5) is 13.2 Å². The lowest BCUT2D eigenvalue weighted by Crippen LogP contribution is -2.49. The standard InChI is InChI=1S/C26H24ClF3N2O6/c1-36-32(12-10-16-8-9-21(31-14-16)26(28,29)30)23(33)18-6-2-3-7-20(18)38-25(24(34)35)11-4-5-17-15-37-22(27)13-19(17)25/h2-3,6-9,13-14H,4-5,10-12,15H2,1H3,(H,34,35). The molecule has 2 aliphatic rings. The van der Waals surface area contributed by atoms with Crippen LogP contribution in [-0.2, 0) is 27.0 Å². The van der Waals surface area contributed by atoms with Crippen LogP contribution in [0.2, 0.25) is 0 Å². The summed E-state index contributed by atoms with van der Waals surface area (Å²) in [4.78, 5) is 34.7. The molecule has 0 saturated carbocycles. The van der Waals surface area contributed by atoms with Gasteiger partial charge in [0.1, 0.15) is 18.1 Å². The molecule has 0 fully saturated rings. The molecule has 38 heavy (non-hydrogen) atoms. The van der Waals surface area contributed by atoms with E-state index in [1.165, 1.54) is 31.4 Å². The summed E-state index contributed by atoms with van der Waals surface area (Å²) in [5, 5.41) is 11.3. The summed E-state index contributed by atoms with van der Waals surface area (Å²) >= 11 is 6.05. The first kappa shape index (κ1) is 27.5. The number of hydrogen-bond donors (Lipinski definition) is 1. The van der Waals surface area contributed by atoms with Gasteiger partial charge in [-0.05, 0) is 60.2 Å². The van der Waals surface area contributed by atoms with Crippen molar-refractivity contribution in [2.45, 2.75) is 37.5 Å². The summed E-state index contributed by atoms with van der Waals surface area (Å²) in [6.45, 7) is 0.145. The molecule has 1 aromatic heterocycles. The van der Waals surface area contributed by atoms with Gasteiger partial charge < -0.3 is 14.6 Å². The number of carbonyl (C=O) groups excluding carboxylic acids is 1. The second kappa shape index (κ2) is 11.0. The zero-order valence-corrected chi connectivity index (χ0v) is 21.0. The molecular formula is C26H24ClF3N2O6. The van der Waals surface area contributed by atoms with Crippen molar-refractivity contribution in [3.05, 3.63) is 81.9 Å². The van der Waals surface area contributed by atoms with Gasteiger partial charge >= 0.3 is 12.1 Å². The number of para-hydroxylation sites is 1. The number of aliphatic carboxylic acids is 1. The normalized spacial score (nSPS) is 19.2. The van der Waals surface area contributed by atoms with Crippen LogP contribution in [0.1, 0.15) is 40.9 Å². The predicted molar refractivity (Wildman–Crippen MR) is 129 cm³/mol. The summed E-state index contributed by atoms with van der Waals surface area (Å²) < 4.78 is 49.8. The Morgan fingerprint density at radius 2 is 2.00 bits per heavy atom. The SMILES string of the molecule is CON(CCc1ccc(C(F)(F)F)nc1)C(=O)c1ccccc1OC1(C(=O)O)CCCC2=C1C=C(Cl)OC2.